The summed E-state index contributed by atoms with van der Waals surface area (Å²) in [5, 5.41) is 16.6. The van der Waals surface area contributed by atoms with E-state index >= 15 is 0 Å². The van der Waals surface area contributed by atoms with Crippen molar-refractivity contribution in [1.29, 1.82) is 0 Å². The Morgan fingerprint density at radius 3 is 2.41 bits per heavy atom. The number of fused-ring (bicyclic) bond motifs is 1. The smallest absolute Gasteiger partial charge is 0.223 e. The number of rotatable bonds is 7. The van der Waals surface area contributed by atoms with Crippen LogP contribution in [0.2, 0.25) is 0 Å². The summed E-state index contributed by atoms with van der Waals surface area (Å²) in [5.74, 6) is 1.85. The number of nitrogens with one attached hydrogen (secondary N) is 1. The standard InChI is InChI=1S/C27H30N6O/c1-20(12-13-21-8-4-2-5-9-21)28-27(34)23-16-18-32(19-17-23)25-15-14-24-29-30-26(33(24)31-25)22-10-6-3-7-11-22/h2-11,14-15,20,23H,12-13,16-19H2,1H3,(H,28,34)/t20-/m1/s1. The first-order valence-electron chi connectivity index (χ1n) is 12.0. The highest BCUT2D eigenvalue weighted by Gasteiger charge is 2.26. The van der Waals surface area contributed by atoms with Gasteiger partial charge in [0, 0.05) is 30.6 Å². The highest BCUT2D eigenvalue weighted by Crippen LogP contribution is 2.24. The number of hydrogen-bond donors (Lipinski definition) is 1. The molecule has 0 bridgehead atoms. The van der Waals surface area contributed by atoms with E-state index in [2.05, 4.69) is 51.6 Å². The largest absolute Gasteiger partial charge is 0.355 e. The third kappa shape index (κ3) is 4.93. The molecule has 1 atom stereocenters. The van der Waals surface area contributed by atoms with Gasteiger partial charge in [0.1, 0.15) is 5.82 Å². The minimum absolute atomic E-state index is 0.0500. The second-order valence-electron chi connectivity index (χ2n) is 9.05. The Kier molecular flexibility index (Phi) is 6.51. The predicted molar refractivity (Wildman–Crippen MR) is 134 cm³/mol. The molecule has 3 heterocycles. The zero-order chi connectivity index (χ0) is 23.3. The van der Waals surface area contributed by atoms with E-state index in [9.17, 15) is 4.79 Å². The van der Waals surface area contributed by atoms with E-state index in [4.69, 9.17) is 5.10 Å². The number of hydrogen-bond acceptors (Lipinski definition) is 5. The first-order chi connectivity index (χ1) is 16.7. The van der Waals surface area contributed by atoms with Crippen LogP contribution in [0.5, 0.6) is 0 Å². The number of aryl methyl sites for hydroxylation is 1. The Hall–Kier alpha value is -3.74. The Bertz CT molecular complexity index is 1230. The summed E-state index contributed by atoms with van der Waals surface area (Å²) in [6.45, 7) is 3.70. The van der Waals surface area contributed by atoms with Gasteiger partial charge in [-0.3, -0.25) is 4.79 Å². The number of nitrogens with zero attached hydrogens (tertiary/aromatic N) is 5. The molecule has 2 aromatic heterocycles. The topological polar surface area (TPSA) is 75.4 Å². The number of aromatic nitrogens is 4. The van der Waals surface area contributed by atoms with E-state index in [1.165, 1.54) is 5.56 Å². The summed E-state index contributed by atoms with van der Waals surface area (Å²) in [4.78, 5) is 15.1. The number of piperidine rings is 1. The van der Waals surface area contributed by atoms with Gasteiger partial charge < -0.3 is 10.2 Å². The molecule has 0 saturated carbocycles. The van der Waals surface area contributed by atoms with Gasteiger partial charge in [-0.25, -0.2) is 0 Å². The summed E-state index contributed by atoms with van der Waals surface area (Å²) in [6.07, 6.45) is 3.57. The van der Waals surface area contributed by atoms with Gasteiger partial charge >= 0.3 is 0 Å². The molecule has 5 rings (SSSR count). The van der Waals surface area contributed by atoms with Crippen molar-refractivity contribution in [2.24, 2.45) is 5.92 Å². The highest BCUT2D eigenvalue weighted by molar-refractivity contribution is 5.79. The third-order valence-corrected chi connectivity index (χ3v) is 6.57. The number of carbonyl (C=O) groups is 1. The maximum atomic E-state index is 12.8. The summed E-state index contributed by atoms with van der Waals surface area (Å²) in [6, 6.07) is 24.5. The molecule has 0 aliphatic carbocycles. The fourth-order valence-electron chi connectivity index (χ4n) is 4.55. The van der Waals surface area contributed by atoms with Crippen LogP contribution in [0.4, 0.5) is 5.82 Å². The van der Waals surface area contributed by atoms with Gasteiger partial charge in [0.05, 0.1) is 0 Å². The van der Waals surface area contributed by atoms with Crippen molar-refractivity contribution in [3.63, 3.8) is 0 Å². The lowest BCUT2D eigenvalue weighted by molar-refractivity contribution is -0.126. The minimum atomic E-state index is 0.0500. The van der Waals surface area contributed by atoms with Crippen LogP contribution >= 0.6 is 0 Å². The Balaban J connectivity index is 1.17. The fraction of sp³-hybridized carbons (Fsp3) is 0.333. The van der Waals surface area contributed by atoms with Crippen LogP contribution in [0.1, 0.15) is 31.7 Å². The molecule has 0 spiro atoms. The molecule has 1 fully saturated rings. The average molecular weight is 455 g/mol. The normalized spacial score (nSPS) is 15.4. The summed E-state index contributed by atoms with van der Waals surface area (Å²) in [5.41, 5.74) is 3.02. The lowest BCUT2D eigenvalue weighted by Crippen LogP contribution is -2.43. The summed E-state index contributed by atoms with van der Waals surface area (Å²) < 4.78 is 1.80. The molecule has 1 amide bonds. The molecular weight excluding hydrogens is 424 g/mol. The maximum absolute atomic E-state index is 12.8. The van der Waals surface area contributed by atoms with E-state index in [0.29, 0.717) is 0 Å². The number of anilines is 1. The van der Waals surface area contributed by atoms with Crippen molar-refractivity contribution in [3.05, 3.63) is 78.4 Å². The van der Waals surface area contributed by atoms with Crippen LogP contribution in [0, 0.1) is 5.92 Å². The Labute approximate surface area is 199 Å². The molecule has 1 aliphatic heterocycles. The van der Waals surface area contributed by atoms with E-state index in [-0.39, 0.29) is 17.9 Å². The lowest BCUT2D eigenvalue weighted by atomic mass is 9.95. The number of benzene rings is 2. The van der Waals surface area contributed by atoms with Crippen LogP contribution in [0.15, 0.2) is 72.8 Å². The van der Waals surface area contributed by atoms with Gasteiger partial charge in [0.25, 0.3) is 0 Å². The molecule has 174 valence electrons. The van der Waals surface area contributed by atoms with Crippen LogP contribution < -0.4 is 10.2 Å². The molecule has 1 N–H and O–H groups in total. The van der Waals surface area contributed by atoms with E-state index in [0.717, 1.165) is 61.6 Å². The molecule has 1 saturated heterocycles. The SMILES string of the molecule is C[C@H](CCc1ccccc1)NC(=O)C1CCN(c2ccc3nnc(-c4ccccc4)n3n2)CC1. The maximum Gasteiger partial charge on any atom is 0.223 e. The van der Waals surface area contributed by atoms with Crippen molar-refractivity contribution in [1.82, 2.24) is 25.1 Å². The molecule has 0 unspecified atom stereocenters. The van der Waals surface area contributed by atoms with Crippen LogP contribution in [0.3, 0.4) is 0 Å². The fourth-order valence-corrected chi connectivity index (χ4v) is 4.55. The molecule has 34 heavy (non-hydrogen) atoms. The van der Waals surface area contributed by atoms with Crippen LogP contribution in [-0.4, -0.2) is 44.8 Å². The van der Waals surface area contributed by atoms with Gasteiger partial charge in [-0.05, 0) is 50.3 Å². The van der Waals surface area contributed by atoms with Gasteiger partial charge in [-0.1, -0.05) is 60.7 Å². The second kappa shape index (κ2) is 10.0. The van der Waals surface area contributed by atoms with E-state index in [1.54, 1.807) is 4.52 Å². The molecule has 0 radical (unpaired) electrons. The lowest BCUT2D eigenvalue weighted by Gasteiger charge is -2.32. The molecule has 1 aliphatic rings. The quantitative estimate of drug-likeness (QED) is 0.454. The molecule has 7 heteroatoms. The molecule has 7 nitrogen and oxygen atoms in total. The van der Waals surface area contributed by atoms with Gasteiger partial charge in [0.2, 0.25) is 5.91 Å². The number of amides is 1. The van der Waals surface area contributed by atoms with E-state index < -0.39 is 0 Å². The first-order valence-corrected chi connectivity index (χ1v) is 12.0. The van der Waals surface area contributed by atoms with Gasteiger partial charge in [0.15, 0.2) is 11.5 Å². The van der Waals surface area contributed by atoms with Crippen molar-refractivity contribution in [3.8, 4) is 11.4 Å². The Morgan fingerprint density at radius 1 is 0.971 bits per heavy atom. The van der Waals surface area contributed by atoms with E-state index in [1.807, 2.05) is 48.5 Å². The van der Waals surface area contributed by atoms with Gasteiger partial charge in [-0.2, -0.15) is 4.52 Å². The van der Waals surface area contributed by atoms with Crippen molar-refractivity contribution < 1.29 is 4.79 Å². The van der Waals surface area contributed by atoms with Crippen LogP contribution in [0.25, 0.3) is 17.0 Å². The highest BCUT2D eigenvalue weighted by atomic mass is 16.1. The second-order valence-corrected chi connectivity index (χ2v) is 9.05. The predicted octanol–water partition coefficient (Wildman–Crippen LogP) is 4.15. The third-order valence-electron chi connectivity index (χ3n) is 6.57. The van der Waals surface area contributed by atoms with Gasteiger partial charge in [-0.15, -0.1) is 15.3 Å². The van der Waals surface area contributed by atoms with Crippen molar-refractivity contribution in [2.45, 2.75) is 38.6 Å². The minimum Gasteiger partial charge on any atom is -0.355 e. The van der Waals surface area contributed by atoms with Crippen molar-refractivity contribution >= 4 is 17.4 Å². The average Bonchev–Trinajstić information content (AvgIpc) is 3.32. The number of carbonyl (C=O) groups excluding carboxylic acids is 1. The molecule has 2 aromatic carbocycles. The molecular formula is C27H30N6O. The zero-order valence-corrected chi connectivity index (χ0v) is 19.5. The monoisotopic (exact) mass is 454 g/mol. The summed E-state index contributed by atoms with van der Waals surface area (Å²) >= 11 is 0. The zero-order valence-electron chi connectivity index (χ0n) is 19.5. The first kappa shape index (κ1) is 22.1. The Morgan fingerprint density at radius 2 is 1.68 bits per heavy atom. The molecule has 4 aromatic rings. The summed E-state index contributed by atoms with van der Waals surface area (Å²) in [7, 11) is 0. The van der Waals surface area contributed by atoms with Crippen molar-refractivity contribution in [2.75, 3.05) is 18.0 Å². The van der Waals surface area contributed by atoms with Crippen LogP contribution in [-0.2, 0) is 11.2 Å².